The van der Waals surface area contributed by atoms with Crippen LogP contribution in [0.25, 0.3) is 11.1 Å². The van der Waals surface area contributed by atoms with Crippen molar-refractivity contribution in [2.24, 2.45) is 0 Å². The molecule has 0 atom stereocenters. The summed E-state index contributed by atoms with van der Waals surface area (Å²) in [6.45, 7) is 2.46. The first kappa shape index (κ1) is 12.7. The predicted molar refractivity (Wildman–Crippen MR) is 73.4 cm³/mol. The van der Waals surface area contributed by atoms with E-state index in [1.165, 1.54) is 0 Å². The number of hydrogen-bond acceptors (Lipinski definition) is 2. The highest BCUT2D eigenvalue weighted by molar-refractivity contribution is 6.30. The van der Waals surface area contributed by atoms with Crippen molar-refractivity contribution in [1.29, 1.82) is 0 Å². The Morgan fingerprint density at radius 2 is 2.06 bits per heavy atom. The van der Waals surface area contributed by atoms with E-state index in [0.29, 0.717) is 22.9 Å². The van der Waals surface area contributed by atoms with Gasteiger partial charge in [0.25, 0.3) is 0 Å². The third-order valence-electron chi connectivity index (χ3n) is 2.58. The lowest BCUT2D eigenvalue weighted by atomic mass is 10.0. The number of hydrogen-bond donors (Lipinski definition) is 0. The van der Waals surface area contributed by atoms with Gasteiger partial charge in [0.15, 0.2) is 0 Å². The predicted octanol–water partition coefficient (Wildman–Crippen LogP) is 4.22. The minimum absolute atomic E-state index is 0.551. The molecule has 0 amide bonds. The van der Waals surface area contributed by atoms with Crippen molar-refractivity contribution in [3.63, 3.8) is 0 Å². The van der Waals surface area contributed by atoms with Gasteiger partial charge in [-0.15, -0.1) is 0 Å². The molecule has 0 spiro atoms. The lowest BCUT2D eigenvalue weighted by Crippen LogP contribution is -1.95. The first-order valence-electron chi connectivity index (χ1n) is 5.72. The largest absolute Gasteiger partial charge is 0.493 e. The number of ether oxygens (including phenoxy) is 1. The Hall–Kier alpha value is -1.80. The second-order valence-corrected chi connectivity index (χ2v) is 4.25. The van der Waals surface area contributed by atoms with Crippen LogP contribution in [0.3, 0.4) is 0 Å². The molecule has 2 aromatic rings. The summed E-state index contributed by atoms with van der Waals surface area (Å²) in [5.74, 6) is 0.698. The van der Waals surface area contributed by atoms with Crippen molar-refractivity contribution in [3.05, 3.63) is 53.1 Å². The zero-order valence-corrected chi connectivity index (χ0v) is 10.8. The summed E-state index contributed by atoms with van der Waals surface area (Å²) < 4.78 is 5.57. The van der Waals surface area contributed by atoms with Crippen LogP contribution in [0.5, 0.6) is 5.75 Å². The highest BCUT2D eigenvalue weighted by atomic mass is 35.5. The zero-order chi connectivity index (χ0) is 13.0. The molecule has 0 aromatic heterocycles. The minimum Gasteiger partial charge on any atom is -0.493 e. The molecular formula is C15H13ClO2. The van der Waals surface area contributed by atoms with Crippen LogP contribution in [0.1, 0.15) is 17.3 Å². The van der Waals surface area contributed by atoms with Crippen LogP contribution in [-0.4, -0.2) is 12.9 Å². The van der Waals surface area contributed by atoms with E-state index >= 15 is 0 Å². The molecule has 0 unspecified atom stereocenters. The average Bonchev–Trinajstić information content (AvgIpc) is 2.39. The van der Waals surface area contributed by atoms with E-state index in [0.717, 1.165) is 17.4 Å². The first-order valence-corrected chi connectivity index (χ1v) is 6.10. The maximum atomic E-state index is 10.8. The zero-order valence-electron chi connectivity index (χ0n) is 10.0. The van der Waals surface area contributed by atoms with Gasteiger partial charge in [0.05, 0.1) is 6.61 Å². The number of carbonyl (C=O) groups is 1. The molecule has 0 aliphatic carbocycles. The van der Waals surface area contributed by atoms with Crippen LogP contribution in [0.4, 0.5) is 0 Å². The van der Waals surface area contributed by atoms with Gasteiger partial charge in [-0.3, -0.25) is 4.79 Å². The van der Waals surface area contributed by atoms with Gasteiger partial charge in [-0.25, -0.2) is 0 Å². The van der Waals surface area contributed by atoms with Gasteiger partial charge in [0.2, 0.25) is 0 Å². The SMILES string of the molecule is CCOc1cc(C=O)ccc1-c1cccc(Cl)c1. The summed E-state index contributed by atoms with van der Waals surface area (Å²) in [6.07, 6.45) is 0.810. The molecule has 0 saturated heterocycles. The second-order valence-electron chi connectivity index (χ2n) is 3.82. The molecule has 0 heterocycles. The number of aldehydes is 1. The van der Waals surface area contributed by atoms with E-state index in [1.54, 1.807) is 12.1 Å². The Labute approximate surface area is 111 Å². The average molecular weight is 261 g/mol. The van der Waals surface area contributed by atoms with E-state index in [9.17, 15) is 4.79 Å². The summed E-state index contributed by atoms with van der Waals surface area (Å²) in [5, 5.41) is 0.675. The molecule has 0 N–H and O–H groups in total. The third-order valence-corrected chi connectivity index (χ3v) is 2.81. The third kappa shape index (κ3) is 2.71. The van der Waals surface area contributed by atoms with Crippen molar-refractivity contribution in [1.82, 2.24) is 0 Å². The summed E-state index contributed by atoms with van der Waals surface area (Å²) in [6, 6.07) is 12.9. The lowest BCUT2D eigenvalue weighted by Gasteiger charge is -2.11. The molecule has 2 nitrogen and oxygen atoms in total. The molecule has 3 heteroatoms. The second kappa shape index (κ2) is 5.69. The van der Waals surface area contributed by atoms with Gasteiger partial charge in [-0.05, 0) is 36.8 Å². The fourth-order valence-corrected chi connectivity index (χ4v) is 1.97. The van der Waals surface area contributed by atoms with Crippen LogP contribution in [0, 0.1) is 0 Å². The van der Waals surface area contributed by atoms with Crippen molar-refractivity contribution in [3.8, 4) is 16.9 Å². The highest BCUT2D eigenvalue weighted by Gasteiger charge is 2.07. The fourth-order valence-electron chi connectivity index (χ4n) is 1.78. The minimum atomic E-state index is 0.551. The summed E-state index contributed by atoms with van der Waals surface area (Å²) in [4.78, 5) is 10.8. The van der Waals surface area contributed by atoms with Crippen LogP contribution in [0.2, 0.25) is 5.02 Å². The molecule has 0 fully saturated rings. The van der Waals surface area contributed by atoms with Crippen molar-refractivity contribution < 1.29 is 9.53 Å². The molecule has 92 valence electrons. The van der Waals surface area contributed by atoms with E-state index in [-0.39, 0.29) is 0 Å². The Balaban J connectivity index is 2.52. The van der Waals surface area contributed by atoms with Crippen molar-refractivity contribution in [2.75, 3.05) is 6.61 Å². The van der Waals surface area contributed by atoms with Gasteiger partial charge in [0, 0.05) is 16.1 Å². The van der Waals surface area contributed by atoms with Crippen LogP contribution >= 0.6 is 11.6 Å². The summed E-state index contributed by atoms with van der Waals surface area (Å²) >= 11 is 5.99. The van der Waals surface area contributed by atoms with E-state index in [2.05, 4.69) is 0 Å². The molecule has 18 heavy (non-hydrogen) atoms. The van der Waals surface area contributed by atoms with E-state index in [1.807, 2.05) is 37.3 Å². The molecule has 0 aliphatic heterocycles. The molecule has 2 aromatic carbocycles. The quantitative estimate of drug-likeness (QED) is 0.770. The van der Waals surface area contributed by atoms with Crippen LogP contribution < -0.4 is 4.74 Å². The highest BCUT2D eigenvalue weighted by Crippen LogP contribution is 2.32. The Bertz CT molecular complexity index is 564. The topological polar surface area (TPSA) is 26.3 Å². The monoisotopic (exact) mass is 260 g/mol. The van der Waals surface area contributed by atoms with Gasteiger partial charge < -0.3 is 4.74 Å². The number of rotatable bonds is 4. The van der Waals surface area contributed by atoms with Gasteiger partial charge >= 0.3 is 0 Å². The van der Waals surface area contributed by atoms with Crippen molar-refractivity contribution >= 4 is 17.9 Å². The number of carbonyl (C=O) groups excluding carboxylic acids is 1. The lowest BCUT2D eigenvalue weighted by molar-refractivity contribution is 0.112. The van der Waals surface area contributed by atoms with E-state index < -0.39 is 0 Å². The maximum Gasteiger partial charge on any atom is 0.150 e. The van der Waals surface area contributed by atoms with Crippen LogP contribution in [-0.2, 0) is 0 Å². The first-order chi connectivity index (χ1) is 8.74. The summed E-state index contributed by atoms with van der Waals surface area (Å²) in [5.41, 5.74) is 2.51. The van der Waals surface area contributed by atoms with E-state index in [4.69, 9.17) is 16.3 Å². The molecule has 0 aliphatic rings. The van der Waals surface area contributed by atoms with Crippen LogP contribution in [0.15, 0.2) is 42.5 Å². The molecule has 0 saturated carbocycles. The van der Waals surface area contributed by atoms with Gasteiger partial charge in [0.1, 0.15) is 12.0 Å². The Morgan fingerprint density at radius 1 is 1.22 bits per heavy atom. The Kier molecular flexibility index (Phi) is 4.00. The normalized spacial score (nSPS) is 10.1. The fraction of sp³-hybridized carbons (Fsp3) is 0.133. The van der Waals surface area contributed by atoms with Crippen molar-refractivity contribution in [2.45, 2.75) is 6.92 Å². The Morgan fingerprint density at radius 3 is 2.72 bits per heavy atom. The molecule has 0 bridgehead atoms. The standard InChI is InChI=1S/C15H13ClO2/c1-2-18-15-8-11(10-17)6-7-14(15)12-4-3-5-13(16)9-12/h3-10H,2H2,1H3. The van der Waals surface area contributed by atoms with Gasteiger partial charge in [-0.2, -0.15) is 0 Å². The summed E-state index contributed by atoms with van der Waals surface area (Å²) in [7, 11) is 0. The number of benzene rings is 2. The molecule has 0 radical (unpaired) electrons. The smallest absolute Gasteiger partial charge is 0.150 e. The molecular weight excluding hydrogens is 248 g/mol. The van der Waals surface area contributed by atoms with Gasteiger partial charge in [-0.1, -0.05) is 29.8 Å². The molecule has 2 rings (SSSR count). The number of halogens is 1. The maximum absolute atomic E-state index is 10.8.